The van der Waals surface area contributed by atoms with Crippen LogP contribution in [0.4, 0.5) is 0 Å². The number of carbonyl (C=O) groups is 1. The first kappa shape index (κ1) is 8.72. The molecule has 0 radical (unpaired) electrons. The Hall–Kier alpha value is -0.870. The van der Waals surface area contributed by atoms with Crippen molar-refractivity contribution in [2.45, 2.75) is 12.2 Å². The van der Waals surface area contributed by atoms with Gasteiger partial charge in [-0.1, -0.05) is 28.1 Å². The second-order valence-electron chi connectivity index (χ2n) is 2.87. The van der Waals surface area contributed by atoms with Crippen LogP contribution in [-0.4, -0.2) is 17.2 Å². The van der Waals surface area contributed by atoms with Crippen LogP contribution in [0.15, 0.2) is 28.7 Å². The summed E-state index contributed by atoms with van der Waals surface area (Å²) >= 11 is 3.31. The Morgan fingerprint density at radius 2 is 2.31 bits per heavy atom. The van der Waals surface area contributed by atoms with E-state index in [4.69, 9.17) is 9.84 Å². The van der Waals surface area contributed by atoms with Crippen LogP contribution in [0.5, 0.6) is 0 Å². The summed E-state index contributed by atoms with van der Waals surface area (Å²) in [5.74, 6) is -0.898. The minimum Gasteiger partial charge on any atom is -0.479 e. The maximum absolute atomic E-state index is 10.5. The molecule has 3 nitrogen and oxygen atoms in total. The highest BCUT2D eigenvalue weighted by atomic mass is 79.9. The van der Waals surface area contributed by atoms with E-state index in [1.807, 2.05) is 24.3 Å². The molecule has 4 heteroatoms. The predicted molar refractivity (Wildman–Crippen MR) is 49.4 cm³/mol. The number of carboxylic acids is 1. The second kappa shape index (κ2) is 3.12. The van der Waals surface area contributed by atoms with Gasteiger partial charge in [-0.15, -0.1) is 0 Å². The molecule has 1 aromatic carbocycles. The van der Waals surface area contributed by atoms with Gasteiger partial charge in [0, 0.05) is 4.47 Å². The summed E-state index contributed by atoms with van der Waals surface area (Å²) in [6, 6.07) is 7.48. The minimum absolute atomic E-state index is 0.269. The molecule has 0 amide bonds. The number of benzene rings is 1. The fraction of sp³-hybridized carbons (Fsp3) is 0.222. The molecule has 0 spiro atoms. The molecule has 1 aliphatic rings. The van der Waals surface area contributed by atoms with Gasteiger partial charge in [-0.05, 0) is 17.7 Å². The predicted octanol–water partition coefficient (Wildman–Crippen LogP) is 1.97. The van der Waals surface area contributed by atoms with Crippen LogP contribution in [0.25, 0.3) is 0 Å². The van der Waals surface area contributed by atoms with E-state index < -0.39 is 12.1 Å². The Balaban J connectivity index is 2.16. The Kier molecular flexibility index (Phi) is 2.09. The zero-order valence-electron chi connectivity index (χ0n) is 6.61. The lowest BCUT2D eigenvalue weighted by atomic mass is 10.1. The zero-order chi connectivity index (χ0) is 9.42. The van der Waals surface area contributed by atoms with Gasteiger partial charge in [-0.3, -0.25) is 0 Å². The number of aliphatic carboxylic acids is 1. The zero-order valence-corrected chi connectivity index (χ0v) is 8.19. The third kappa shape index (κ3) is 1.73. The van der Waals surface area contributed by atoms with Crippen molar-refractivity contribution in [2.75, 3.05) is 0 Å². The van der Waals surface area contributed by atoms with E-state index in [-0.39, 0.29) is 6.10 Å². The molecule has 0 aromatic heterocycles. The van der Waals surface area contributed by atoms with Crippen molar-refractivity contribution in [3.63, 3.8) is 0 Å². The van der Waals surface area contributed by atoms with Crippen LogP contribution >= 0.6 is 15.9 Å². The first-order valence-corrected chi connectivity index (χ1v) is 4.61. The van der Waals surface area contributed by atoms with E-state index >= 15 is 0 Å². The van der Waals surface area contributed by atoms with E-state index in [0.29, 0.717) is 0 Å². The SMILES string of the molecule is O=C(O)[C@H]1O[C@H]1c1cccc(Br)c1. The Bertz CT molecular complexity index is 350. The molecule has 0 aliphatic carbocycles. The van der Waals surface area contributed by atoms with E-state index in [1.54, 1.807) is 0 Å². The monoisotopic (exact) mass is 242 g/mol. The van der Waals surface area contributed by atoms with Gasteiger partial charge in [0.15, 0.2) is 6.10 Å². The van der Waals surface area contributed by atoms with Gasteiger partial charge in [0.05, 0.1) is 0 Å². The molecule has 0 bridgehead atoms. The van der Waals surface area contributed by atoms with Gasteiger partial charge in [-0.2, -0.15) is 0 Å². The number of rotatable bonds is 2. The molecule has 1 fully saturated rings. The molecule has 1 saturated heterocycles. The van der Waals surface area contributed by atoms with Crippen LogP contribution in [0.3, 0.4) is 0 Å². The van der Waals surface area contributed by atoms with Gasteiger partial charge in [0.2, 0.25) is 0 Å². The van der Waals surface area contributed by atoms with Gasteiger partial charge >= 0.3 is 5.97 Å². The molecule has 1 N–H and O–H groups in total. The number of hydrogen-bond acceptors (Lipinski definition) is 2. The van der Waals surface area contributed by atoms with Crippen molar-refractivity contribution < 1.29 is 14.6 Å². The Labute approximate surface area is 83.5 Å². The third-order valence-corrected chi connectivity index (χ3v) is 2.41. The lowest BCUT2D eigenvalue weighted by Crippen LogP contribution is -2.04. The van der Waals surface area contributed by atoms with E-state index in [0.717, 1.165) is 10.0 Å². The van der Waals surface area contributed by atoms with Crippen molar-refractivity contribution >= 4 is 21.9 Å². The quantitative estimate of drug-likeness (QED) is 0.808. The normalized spacial score (nSPS) is 25.6. The average Bonchev–Trinajstić information content (AvgIpc) is 2.82. The second-order valence-corrected chi connectivity index (χ2v) is 3.79. The van der Waals surface area contributed by atoms with E-state index in [1.165, 1.54) is 0 Å². The topological polar surface area (TPSA) is 49.8 Å². The lowest BCUT2D eigenvalue weighted by Gasteiger charge is -1.95. The molecule has 1 aromatic rings. The standard InChI is InChI=1S/C9H7BrO3/c10-6-3-1-2-5(4-6)7-8(13-7)9(11)12/h1-4,7-8H,(H,11,12)/t7-,8-/m0/s1. The van der Waals surface area contributed by atoms with Crippen molar-refractivity contribution in [1.29, 1.82) is 0 Å². The van der Waals surface area contributed by atoms with Gasteiger partial charge in [-0.25, -0.2) is 4.79 Å². The van der Waals surface area contributed by atoms with Crippen LogP contribution < -0.4 is 0 Å². The molecule has 2 atom stereocenters. The molecule has 0 unspecified atom stereocenters. The fourth-order valence-electron chi connectivity index (χ4n) is 1.24. The summed E-state index contributed by atoms with van der Waals surface area (Å²) in [7, 11) is 0. The number of epoxide rings is 1. The Morgan fingerprint density at radius 1 is 1.54 bits per heavy atom. The first-order chi connectivity index (χ1) is 6.18. The maximum Gasteiger partial charge on any atom is 0.335 e. The van der Waals surface area contributed by atoms with Gasteiger partial charge in [0.1, 0.15) is 6.10 Å². The summed E-state index contributed by atoms with van der Waals surface area (Å²) in [5, 5.41) is 8.62. The molecular weight excluding hydrogens is 236 g/mol. The summed E-state index contributed by atoms with van der Waals surface area (Å²) in [6.07, 6.45) is -0.927. The van der Waals surface area contributed by atoms with Crippen LogP contribution in [0, 0.1) is 0 Å². The van der Waals surface area contributed by atoms with Crippen LogP contribution in [-0.2, 0) is 9.53 Å². The summed E-state index contributed by atoms with van der Waals surface area (Å²) in [5.41, 5.74) is 0.904. The van der Waals surface area contributed by atoms with Crippen LogP contribution in [0.1, 0.15) is 11.7 Å². The number of halogens is 1. The largest absolute Gasteiger partial charge is 0.479 e. The average molecular weight is 243 g/mol. The van der Waals surface area contributed by atoms with E-state index in [2.05, 4.69) is 15.9 Å². The first-order valence-electron chi connectivity index (χ1n) is 3.82. The summed E-state index contributed by atoms with van der Waals surface area (Å²) in [6.45, 7) is 0. The van der Waals surface area contributed by atoms with Crippen molar-refractivity contribution in [3.8, 4) is 0 Å². The molecule has 1 aliphatic heterocycles. The third-order valence-electron chi connectivity index (χ3n) is 1.91. The molecule has 13 heavy (non-hydrogen) atoms. The number of carboxylic acid groups (broad SMARTS) is 1. The molecule has 1 heterocycles. The lowest BCUT2D eigenvalue weighted by molar-refractivity contribution is -0.138. The van der Waals surface area contributed by atoms with Gasteiger partial charge < -0.3 is 9.84 Å². The molecular formula is C9H7BrO3. The van der Waals surface area contributed by atoms with Crippen molar-refractivity contribution in [3.05, 3.63) is 34.3 Å². The van der Waals surface area contributed by atoms with Crippen LogP contribution in [0.2, 0.25) is 0 Å². The van der Waals surface area contributed by atoms with Crippen molar-refractivity contribution in [1.82, 2.24) is 0 Å². The molecule has 0 saturated carbocycles. The smallest absolute Gasteiger partial charge is 0.335 e. The highest BCUT2D eigenvalue weighted by Crippen LogP contribution is 2.39. The molecule has 2 rings (SSSR count). The number of ether oxygens (including phenoxy) is 1. The summed E-state index contributed by atoms with van der Waals surface area (Å²) < 4.78 is 5.93. The minimum atomic E-state index is -0.898. The summed E-state index contributed by atoms with van der Waals surface area (Å²) in [4.78, 5) is 10.5. The fourth-order valence-corrected chi connectivity index (χ4v) is 1.65. The van der Waals surface area contributed by atoms with Gasteiger partial charge in [0.25, 0.3) is 0 Å². The highest BCUT2D eigenvalue weighted by molar-refractivity contribution is 9.10. The highest BCUT2D eigenvalue weighted by Gasteiger charge is 2.46. The molecule has 68 valence electrons. The number of hydrogen-bond donors (Lipinski definition) is 1. The van der Waals surface area contributed by atoms with E-state index in [9.17, 15) is 4.79 Å². The maximum atomic E-state index is 10.5. The Morgan fingerprint density at radius 3 is 2.85 bits per heavy atom. The van der Waals surface area contributed by atoms with Crippen molar-refractivity contribution in [2.24, 2.45) is 0 Å².